The van der Waals surface area contributed by atoms with Crippen molar-refractivity contribution in [1.29, 1.82) is 0 Å². The summed E-state index contributed by atoms with van der Waals surface area (Å²) in [7, 11) is 0. The first-order valence-electron chi connectivity index (χ1n) is 5.09. The number of ketones is 1. The summed E-state index contributed by atoms with van der Waals surface area (Å²) in [4.78, 5) is 11.5. The molecule has 0 N–H and O–H groups in total. The molecular formula is C12H22O. The molecule has 76 valence electrons. The Morgan fingerprint density at radius 3 is 2.15 bits per heavy atom. The smallest absolute Gasteiger partial charge is 0.136 e. The molecule has 1 heteroatoms. The average molecular weight is 182 g/mol. The minimum absolute atomic E-state index is 0.192. The second-order valence-corrected chi connectivity index (χ2v) is 4.48. The largest absolute Gasteiger partial charge is 0.299 e. The van der Waals surface area contributed by atoms with Gasteiger partial charge in [0, 0.05) is 12.3 Å². The Morgan fingerprint density at radius 1 is 1.23 bits per heavy atom. The summed E-state index contributed by atoms with van der Waals surface area (Å²) in [5, 5.41) is 0. The number of allylic oxidation sites excluding steroid dienone is 2. The molecule has 0 rings (SSSR count). The van der Waals surface area contributed by atoms with Gasteiger partial charge in [-0.25, -0.2) is 0 Å². The third-order valence-corrected chi connectivity index (χ3v) is 2.04. The maximum absolute atomic E-state index is 11.5. The van der Waals surface area contributed by atoms with E-state index in [1.807, 2.05) is 6.92 Å². The highest BCUT2D eigenvalue weighted by Gasteiger charge is 2.12. The molecule has 0 saturated carbocycles. The fourth-order valence-electron chi connectivity index (χ4n) is 1.15. The molecule has 13 heavy (non-hydrogen) atoms. The van der Waals surface area contributed by atoms with Crippen LogP contribution >= 0.6 is 0 Å². The normalized spacial score (nSPS) is 12.8. The van der Waals surface area contributed by atoms with E-state index in [0.717, 1.165) is 12.8 Å². The highest BCUT2D eigenvalue weighted by molar-refractivity contribution is 5.80. The van der Waals surface area contributed by atoms with Crippen molar-refractivity contribution >= 4 is 5.78 Å². The standard InChI is InChI=1S/C12H22O/c1-9(2)6-7-11(5)12(13)8-10(3)4/h6,10-11H,7-8H2,1-5H3/t11-/m0/s1. The van der Waals surface area contributed by atoms with Crippen LogP contribution in [0.15, 0.2) is 11.6 Å². The second-order valence-electron chi connectivity index (χ2n) is 4.48. The minimum Gasteiger partial charge on any atom is -0.299 e. The molecule has 0 unspecified atom stereocenters. The van der Waals surface area contributed by atoms with Gasteiger partial charge in [-0.2, -0.15) is 0 Å². The van der Waals surface area contributed by atoms with E-state index < -0.39 is 0 Å². The Hall–Kier alpha value is -0.590. The third kappa shape index (κ3) is 6.56. The molecule has 1 nitrogen and oxygen atoms in total. The Labute approximate surface area is 82.2 Å². The van der Waals surface area contributed by atoms with E-state index in [4.69, 9.17) is 0 Å². The maximum atomic E-state index is 11.5. The van der Waals surface area contributed by atoms with E-state index in [2.05, 4.69) is 33.8 Å². The molecule has 0 radical (unpaired) electrons. The topological polar surface area (TPSA) is 17.1 Å². The van der Waals surface area contributed by atoms with Crippen molar-refractivity contribution in [2.75, 3.05) is 0 Å². The predicted octanol–water partition coefficient (Wildman–Crippen LogP) is 3.59. The van der Waals surface area contributed by atoms with E-state index in [9.17, 15) is 4.79 Å². The fraction of sp³-hybridized carbons (Fsp3) is 0.750. The molecular weight excluding hydrogens is 160 g/mol. The summed E-state index contributed by atoms with van der Waals surface area (Å²) >= 11 is 0. The van der Waals surface area contributed by atoms with Crippen LogP contribution in [0.4, 0.5) is 0 Å². The van der Waals surface area contributed by atoms with Gasteiger partial charge in [0.15, 0.2) is 0 Å². The number of hydrogen-bond donors (Lipinski definition) is 0. The molecule has 0 aromatic carbocycles. The first-order chi connectivity index (χ1) is 5.93. The first kappa shape index (κ1) is 12.4. The zero-order valence-corrected chi connectivity index (χ0v) is 9.55. The van der Waals surface area contributed by atoms with Gasteiger partial charge in [-0.1, -0.05) is 32.4 Å². The molecule has 0 bridgehead atoms. The lowest BCUT2D eigenvalue weighted by Crippen LogP contribution is -2.12. The van der Waals surface area contributed by atoms with Crippen LogP contribution in [0, 0.1) is 11.8 Å². The van der Waals surface area contributed by atoms with E-state index in [1.165, 1.54) is 5.57 Å². The van der Waals surface area contributed by atoms with E-state index in [-0.39, 0.29) is 5.92 Å². The van der Waals surface area contributed by atoms with Gasteiger partial charge in [0.2, 0.25) is 0 Å². The van der Waals surface area contributed by atoms with Crippen molar-refractivity contribution < 1.29 is 4.79 Å². The summed E-state index contributed by atoms with van der Waals surface area (Å²) in [6.07, 6.45) is 3.76. The van der Waals surface area contributed by atoms with Crippen LogP contribution in [0.1, 0.15) is 47.5 Å². The van der Waals surface area contributed by atoms with Crippen LogP contribution in [0.5, 0.6) is 0 Å². The maximum Gasteiger partial charge on any atom is 0.136 e. The zero-order valence-electron chi connectivity index (χ0n) is 9.55. The molecule has 0 heterocycles. The average Bonchev–Trinajstić information content (AvgIpc) is 1.98. The van der Waals surface area contributed by atoms with Crippen molar-refractivity contribution in [2.24, 2.45) is 11.8 Å². The molecule has 0 aromatic rings. The summed E-state index contributed by atoms with van der Waals surface area (Å²) < 4.78 is 0. The fourth-order valence-corrected chi connectivity index (χ4v) is 1.15. The quantitative estimate of drug-likeness (QED) is 0.594. The molecule has 0 spiro atoms. The highest BCUT2D eigenvalue weighted by atomic mass is 16.1. The predicted molar refractivity (Wildman–Crippen MR) is 57.7 cm³/mol. The van der Waals surface area contributed by atoms with Crippen LogP contribution in [0.25, 0.3) is 0 Å². The van der Waals surface area contributed by atoms with Gasteiger partial charge in [-0.15, -0.1) is 0 Å². The molecule has 0 amide bonds. The first-order valence-corrected chi connectivity index (χ1v) is 5.09. The van der Waals surface area contributed by atoms with Crippen molar-refractivity contribution in [1.82, 2.24) is 0 Å². The lowest BCUT2D eigenvalue weighted by Gasteiger charge is -2.09. The molecule has 1 atom stereocenters. The number of rotatable bonds is 5. The van der Waals surface area contributed by atoms with Crippen molar-refractivity contribution in [2.45, 2.75) is 47.5 Å². The zero-order chi connectivity index (χ0) is 10.4. The van der Waals surface area contributed by atoms with Gasteiger partial charge in [0.05, 0.1) is 0 Å². The van der Waals surface area contributed by atoms with Crippen LogP contribution in [0.2, 0.25) is 0 Å². The molecule has 0 aliphatic carbocycles. The summed E-state index contributed by atoms with van der Waals surface area (Å²) in [6.45, 7) is 10.3. The van der Waals surface area contributed by atoms with Gasteiger partial charge in [-0.3, -0.25) is 4.79 Å². The monoisotopic (exact) mass is 182 g/mol. The lowest BCUT2D eigenvalue weighted by atomic mass is 9.94. The number of Topliss-reactive ketones (excluding diaryl/α,β-unsaturated/α-hetero) is 1. The van der Waals surface area contributed by atoms with E-state index in [1.54, 1.807) is 0 Å². The van der Waals surface area contributed by atoms with Gasteiger partial charge >= 0.3 is 0 Å². The Morgan fingerprint density at radius 2 is 1.77 bits per heavy atom. The number of carbonyl (C=O) groups excluding carboxylic acids is 1. The van der Waals surface area contributed by atoms with Gasteiger partial charge in [-0.05, 0) is 26.2 Å². The summed E-state index contributed by atoms with van der Waals surface area (Å²) in [5.74, 6) is 1.08. The van der Waals surface area contributed by atoms with Crippen LogP contribution in [-0.2, 0) is 4.79 Å². The minimum atomic E-state index is 0.192. The molecule has 0 saturated heterocycles. The molecule has 0 aliphatic heterocycles. The molecule has 0 fully saturated rings. The summed E-state index contributed by atoms with van der Waals surface area (Å²) in [5.41, 5.74) is 1.30. The Bertz CT molecular complexity index is 185. The van der Waals surface area contributed by atoms with Crippen molar-refractivity contribution in [3.8, 4) is 0 Å². The van der Waals surface area contributed by atoms with E-state index >= 15 is 0 Å². The van der Waals surface area contributed by atoms with Crippen LogP contribution in [-0.4, -0.2) is 5.78 Å². The van der Waals surface area contributed by atoms with Crippen molar-refractivity contribution in [3.05, 3.63) is 11.6 Å². The third-order valence-electron chi connectivity index (χ3n) is 2.04. The Balaban J connectivity index is 3.90. The van der Waals surface area contributed by atoms with Crippen LogP contribution < -0.4 is 0 Å². The molecule has 0 aliphatic rings. The second kappa shape index (κ2) is 5.95. The Kier molecular flexibility index (Phi) is 5.68. The van der Waals surface area contributed by atoms with Gasteiger partial charge < -0.3 is 0 Å². The lowest BCUT2D eigenvalue weighted by molar-refractivity contribution is -0.122. The highest BCUT2D eigenvalue weighted by Crippen LogP contribution is 2.12. The number of carbonyl (C=O) groups is 1. The van der Waals surface area contributed by atoms with Crippen molar-refractivity contribution in [3.63, 3.8) is 0 Å². The number of hydrogen-bond acceptors (Lipinski definition) is 1. The SMILES string of the molecule is CC(C)=CC[C@H](C)C(=O)CC(C)C. The van der Waals surface area contributed by atoms with Gasteiger partial charge in [0.25, 0.3) is 0 Å². The van der Waals surface area contributed by atoms with E-state index in [0.29, 0.717) is 11.7 Å². The van der Waals surface area contributed by atoms with Crippen LogP contribution in [0.3, 0.4) is 0 Å². The molecule has 0 aromatic heterocycles. The summed E-state index contributed by atoms with van der Waals surface area (Å²) in [6, 6.07) is 0. The van der Waals surface area contributed by atoms with Gasteiger partial charge in [0.1, 0.15) is 5.78 Å².